The fourth-order valence-corrected chi connectivity index (χ4v) is 2.05. The lowest BCUT2D eigenvalue weighted by atomic mass is 10.1. The van der Waals surface area contributed by atoms with Crippen molar-refractivity contribution < 1.29 is 12.3 Å². The Kier molecular flexibility index (Phi) is 2.71. The highest BCUT2D eigenvalue weighted by Gasteiger charge is 2.12. The van der Waals surface area contributed by atoms with Gasteiger partial charge in [-0.2, -0.15) is 8.42 Å². The molecule has 4 heteroatoms. The SMILES string of the molecule is Cc1cccc(C)c1CS(=O)(=O)F. The molecule has 0 bridgehead atoms. The number of halogens is 1. The third-order valence-corrected chi connectivity index (χ3v) is 2.59. The lowest BCUT2D eigenvalue weighted by Gasteiger charge is -2.05. The van der Waals surface area contributed by atoms with Gasteiger partial charge in [-0.05, 0) is 30.5 Å². The van der Waals surface area contributed by atoms with Gasteiger partial charge in [0, 0.05) is 0 Å². The zero-order valence-electron chi connectivity index (χ0n) is 7.54. The summed E-state index contributed by atoms with van der Waals surface area (Å²) in [6.45, 7) is 3.54. The molecule has 0 aliphatic heterocycles. The molecule has 2 nitrogen and oxygen atoms in total. The summed E-state index contributed by atoms with van der Waals surface area (Å²) in [4.78, 5) is 0. The van der Waals surface area contributed by atoms with Gasteiger partial charge in [0.25, 0.3) is 0 Å². The lowest BCUT2D eigenvalue weighted by Crippen LogP contribution is -2.00. The second kappa shape index (κ2) is 3.46. The smallest absolute Gasteiger partial charge is 0.194 e. The van der Waals surface area contributed by atoms with Gasteiger partial charge in [0.2, 0.25) is 0 Å². The Balaban J connectivity index is 3.15. The van der Waals surface area contributed by atoms with Crippen LogP contribution in [-0.4, -0.2) is 8.42 Å². The van der Waals surface area contributed by atoms with E-state index in [4.69, 9.17) is 0 Å². The minimum Gasteiger partial charge on any atom is -0.194 e. The molecule has 1 aromatic carbocycles. The van der Waals surface area contributed by atoms with Gasteiger partial charge < -0.3 is 0 Å². The Morgan fingerprint density at radius 3 is 2.08 bits per heavy atom. The van der Waals surface area contributed by atoms with Crippen LogP contribution in [0.25, 0.3) is 0 Å². The molecule has 0 radical (unpaired) electrons. The number of hydrogen-bond acceptors (Lipinski definition) is 2. The van der Waals surface area contributed by atoms with Crippen molar-refractivity contribution in [1.82, 2.24) is 0 Å². The summed E-state index contributed by atoms with van der Waals surface area (Å²) in [6, 6.07) is 5.36. The average molecular weight is 202 g/mol. The highest BCUT2D eigenvalue weighted by molar-refractivity contribution is 7.85. The molecule has 0 aliphatic carbocycles. The molecule has 0 unspecified atom stereocenters. The van der Waals surface area contributed by atoms with E-state index in [0.29, 0.717) is 5.56 Å². The summed E-state index contributed by atoms with van der Waals surface area (Å²) in [5, 5.41) is 0. The molecule has 1 aromatic rings. The summed E-state index contributed by atoms with van der Waals surface area (Å²) in [5.74, 6) is -0.522. The summed E-state index contributed by atoms with van der Waals surface area (Å²) in [6.07, 6.45) is 0. The molecule has 0 fully saturated rings. The number of rotatable bonds is 2. The third-order valence-electron chi connectivity index (χ3n) is 1.96. The molecule has 0 aromatic heterocycles. The lowest BCUT2D eigenvalue weighted by molar-refractivity contribution is 0.551. The normalized spacial score (nSPS) is 11.6. The highest BCUT2D eigenvalue weighted by Crippen LogP contribution is 2.16. The minimum atomic E-state index is -4.42. The zero-order valence-corrected chi connectivity index (χ0v) is 8.36. The number of benzene rings is 1. The molecule has 0 amide bonds. The molecule has 0 aliphatic rings. The van der Waals surface area contributed by atoms with Crippen molar-refractivity contribution in [3.8, 4) is 0 Å². The van der Waals surface area contributed by atoms with Crippen LogP contribution in [0.3, 0.4) is 0 Å². The van der Waals surface area contributed by atoms with Crippen LogP contribution in [-0.2, 0) is 16.0 Å². The van der Waals surface area contributed by atoms with Gasteiger partial charge in [0.05, 0.1) is 0 Å². The predicted molar refractivity (Wildman–Crippen MR) is 49.6 cm³/mol. The molecule has 0 spiro atoms. The van der Waals surface area contributed by atoms with Crippen molar-refractivity contribution in [2.45, 2.75) is 19.6 Å². The maximum Gasteiger partial charge on any atom is 0.306 e. The summed E-state index contributed by atoms with van der Waals surface area (Å²) >= 11 is 0. The second-order valence-corrected chi connectivity index (χ2v) is 4.42. The van der Waals surface area contributed by atoms with Crippen molar-refractivity contribution in [3.05, 3.63) is 34.9 Å². The molecular formula is C9H11FO2S. The Morgan fingerprint density at radius 1 is 1.23 bits per heavy atom. The first-order valence-corrected chi connectivity index (χ1v) is 5.43. The van der Waals surface area contributed by atoms with Crippen molar-refractivity contribution >= 4 is 10.2 Å². The molecule has 72 valence electrons. The van der Waals surface area contributed by atoms with Crippen LogP contribution in [0.4, 0.5) is 3.89 Å². The van der Waals surface area contributed by atoms with Gasteiger partial charge in [-0.15, -0.1) is 3.89 Å². The fraction of sp³-hybridized carbons (Fsp3) is 0.333. The van der Waals surface area contributed by atoms with Gasteiger partial charge >= 0.3 is 10.2 Å². The molecule has 13 heavy (non-hydrogen) atoms. The quantitative estimate of drug-likeness (QED) is 0.688. The largest absolute Gasteiger partial charge is 0.306 e. The van der Waals surface area contributed by atoms with Crippen molar-refractivity contribution in [2.75, 3.05) is 0 Å². The van der Waals surface area contributed by atoms with Crippen molar-refractivity contribution in [2.24, 2.45) is 0 Å². The Morgan fingerprint density at radius 2 is 1.69 bits per heavy atom. The molecule has 0 saturated carbocycles. The van der Waals surface area contributed by atoms with Gasteiger partial charge in [-0.25, -0.2) is 0 Å². The van der Waals surface area contributed by atoms with Gasteiger partial charge in [0.15, 0.2) is 0 Å². The van der Waals surface area contributed by atoms with E-state index in [0.717, 1.165) is 11.1 Å². The zero-order chi connectivity index (χ0) is 10.1. The van der Waals surface area contributed by atoms with E-state index < -0.39 is 16.0 Å². The van der Waals surface area contributed by atoms with Gasteiger partial charge in [0.1, 0.15) is 5.75 Å². The van der Waals surface area contributed by atoms with E-state index in [2.05, 4.69) is 0 Å². The summed E-state index contributed by atoms with van der Waals surface area (Å²) < 4.78 is 33.3. The maximum atomic E-state index is 12.4. The summed E-state index contributed by atoms with van der Waals surface area (Å²) in [7, 11) is -4.42. The summed E-state index contributed by atoms with van der Waals surface area (Å²) in [5.41, 5.74) is 2.17. The number of aryl methyl sites for hydroxylation is 2. The second-order valence-electron chi connectivity index (χ2n) is 3.05. The minimum absolute atomic E-state index is 0.522. The monoisotopic (exact) mass is 202 g/mol. The van der Waals surface area contributed by atoms with E-state index in [1.54, 1.807) is 26.0 Å². The molecule has 0 heterocycles. The van der Waals surface area contributed by atoms with E-state index >= 15 is 0 Å². The number of hydrogen-bond donors (Lipinski definition) is 0. The van der Waals surface area contributed by atoms with Crippen LogP contribution in [0.2, 0.25) is 0 Å². The first-order valence-electron chi connectivity index (χ1n) is 3.87. The molecule has 0 saturated heterocycles. The highest BCUT2D eigenvalue weighted by atomic mass is 32.3. The molecule has 0 N–H and O–H groups in total. The van der Waals surface area contributed by atoms with E-state index in [1.165, 1.54) is 0 Å². The van der Waals surface area contributed by atoms with E-state index in [-0.39, 0.29) is 0 Å². The van der Waals surface area contributed by atoms with Crippen LogP contribution in [0.1, 0.15) is 16.7 Å². The molecular weight excluding hydrogens is 191 g/mol. The fourth-order valence-electron chi connectivity index (χ4n) is 1.25. The Labute approximate surface area is 77.6 Å². The van der Waals surface area contributed by atoms with Gasteiger partial charge in [-0.1, -0.05) is 18.2 Å². The van der Waals surface area contributed by atoms with Crippen molar-refractivity contribution in [1.29, 1.82) is 0 Å². The Hall–Kier alpha value is -0.900. The van der Waals surface area contributed by atoms with E-state index in [1.807, 2.05) is 6.07 Å². The van der Waals surface area contributed by atoms with Gasteiger partial charge in [-0.3, -0.25) is 0 Å². The topological polar surface area (TPSA) is 34.1 Å². The maximum absolute atomic E-state index is 12.4. The van der Waals surface area contributed by atoms with Crippen LogP contribution in [0.15, 0.2) is 18.2 Å². The molecule has 0 atom stereocenters. The first-order chi connectivity index (χ1) is 5.90. The molecule has 1 rings (SSSR count). The standard InChI is InChI=1S/C9H11FO2S/c1-7-4-3-5-8(2)9(7)6-13(10,11)12/h3-5H,6H2,1-2H3. The van der Waals surface area contributed by atoms with Crippen LogP contribution >= 0.6 is 0 Å². The van der Waals surface area contributed by atoms with E-state index in [9.17, 15) is 12.3 Å². The average Bonchev–Trinajstić information content (AvgIpc) is 1.95. The van der Waals surface area contributed by atoms with Crippen LogP contribution in [0, 0.1) is 13.8 Å². The van der Waals surface area contributed by atoms with Crippen LogP contribution < -0.4 is 0 Å². The van der Waals surface area contributed by atoms with Crippen LogP contribution in [0.5, 0.6) is 0 Å². The predicted octanol–water partition coefficient (Wildman–Crippen LogP) is 2.10. The first kappa shape index (κ1) is 10.2. The Bertz CT molecular complexity index is 389. The van der Waals surface area contributed by atoms with Crippen molar-refractivity contribution in [3.63, 3.8) is 0 Å². The third kappa shape index (κ3) is 2.81.